The van der Waals surface area contributed by atoms with Gasteiger partial charge in [0.25, 0.3) is 5.56 Å². The number of alkyl halides is 3. The number of carbonyl (C=O) groups excluding carboxylic acids is 1. The molecule has 2 aromatic heterocycles. The Balaban J connectivity index is 1.94. The van der Waals surface area contributed by atoms with Crippen LogP contribution in [0, 0.1) is 0 Å². The first kappa shape index (κ1) is 21.7. The summed E-state index contributed by atoms with van der Waals surface area (Å²) in [6.45, 7) is 2.46. The highest BCUT2D eigenvalue weighted by molar-refractivity contribution is 5.75. The van der Waals surface area contributed by atoms with Gasteiger partial charge in [-0.3, -0.25) is 13.9 Å². The molecule has 8 nitrogen and oxygen atoms in total. The Kier molecular flexibility index (Phi) is 7.03. The first-order chi connectivity index (χ1) is 13.2. The Hall–Kier alpha value is -2.59. The van der Waals surface area contributed by atoms with Gasteiger partial charge in [0.1, 0.15) is 0 Å². The highest BCUT2D eigenvalue weighted by Gasteiger charge is 2.40. The predicted octanol–water partition coefficient (Wildman–Crippen LogP) is 1.97. The zero-order valence-electron chi connectivity index (χ0n) is 15.8. The maximum absolute atomic E-state index is 12.7. The smallest absolute Gasteiger partial charge is 0.459 e. The van der Waals surface area contributed by atoms with Crippen LogP contribution in [0.1, 0.15) is 39.0 Å². The monoisotopic (exact) mass is 404 g/mol. The number of nitrogens with zero attached hydrogens (tertiary/aromatic N) is 4. The van der Waals surface area contributed by atoms with E-state index in [1.165, 1.54) is 4.57 Å². The Morgan fingerprint density at radius 2 is 1.82 bits per heavy atom. The summed E-state index contributed by atoms with van der Waals surface area (Å²) in [7, 11) is 1.55. The summed E-state index contributed by atoms with van der Waals surface area (Å²) < 4.78 is 44.3. The number of hydrogen-bond donors (Lipinski definition) is 0. The molecule has 0 saturated carbocycles. The second-order valence-corrected chi connectivity index (χ2v) is 6.46. The molecule has 0 N–H and O–H groups in total. The molecule has 2 rings (SSSR count). The number of fused-ring (bicyclic) bond motifs is 1. The predicted molar refractivity (Wildman–Crippen MR) is 95.0 cm³/mol. The van der Waals surface area contributed by atoms with E-state index in [2.05, 4.69) is 9.72 Å². The fourth-order valence-corrected chi connectivity index (χ4v) is 2.90. The maximum atomic E-state index is 12.7. The van der Waals surface area contributed by atoms with E-state index in [1.807, 2.05) is 6.92 Å². The van der Waals surface area contributed by atoms with Crippen molar-refractivity contribution in [2.24, 2.45) is 7.05 Å². The molecule has 0 unspecified atom stereocenters. The normalized spacial score (nSPS) is 11.9. The van der Waals surface area contributed by atoms with E-state index >= 15 is 0 Å². The van der Waals surface area contributed by atoms with Gasteiger partial charge in [-0.25, -0.2) is 14.6 Å². The summed E-state index contributed by atoms with van der Waals surface area (Å²) in [5, 5.41) is 0. The van der Waals surface area contributed by atoms with Crippen LogP contribution < -0.4 is 11.2 Å². The second kappa shape index (κ2) is 9.07. The molecule has 0 aliphatic heterocycles. The summed E-state index contributed by atoms with van der Waals surface area (Å²) in [4.78, 5) is 39.9. The lowest BCUT2D eigenvalue weighted by Crippen LogP contribution is -2.39. The van der Waals surface area contributed by atoms with Gasteiger partial charge in [-0.05, 0) is 25.7 Å². The fraction of sp³-hybridized carbons (Fsp3) is 0.647. The zero-order valence-corrected chi connectivity index (χ0v) is 15.8. The van der Waals surface area contributed by atoms with Crippen molar-refractivity contribution in [3.05, 3.63) is 27.2 Å². The van der Waals surface area contributed by atoms with Crippen LogP contribution in [-0.2, 0) is 29.7 Å². The third-order valence-electron chi connectivity index (χ3n) is 4.31. The molecule has 28 heavy (non-hydrogen) atoms. The molecule has 0 spiro atoms. The van der Waals surface area contributed by atoms with Gasteiger partial charge in [-0.2, -0.15) is 13.2 Å². The molecule has 0 atom stereocenters. The first-order valence-corrected chi connectivity index (χ1v) is 9.07. The van der Waals surface area contributed by atoms with E-state index in [4.69, 9.17) is 0 Å². The number of imidazole rings is 1. The van der Waals surface area contributed by atoms with E-state index < -0.39 is 23.4 Å². The Morgan fingerprint density at radius 3 is 2.46 bits per heavy atom. The van der Waals surface area contributed by atoms with Gasteiger partial charge in [-0.1, -0.05) is 13.3 Å². The quantitative estimate of drug-likeness (QED) is 0.471. The minimum absolute atomic E-state index is 0.196. The number of hydrogen-bond acceptors (Lipinski definition) is 5. The van der Waals surface area contributed by atoms with Crippen molar-refractivity contribution in [3.63, 3.8) is 0 Å². The molecule has 0 aliphatic rings. The summed E-state index contributed by atoms with van der Waals surface area (Å²) in [5.41, 5.74) is -0.143. The van der Waals surface area contributed by atoms with Crippen LogP contribution in [0.5, 0.6) is 0 Å². The van der Waals surface area contributed by atoms with E-state index in [9.17, 15) is 27.6 Å². The number of esters is 1. The second-order valence-electron chi connectivity index (χ2n) is 6.46. The largest absolute Gasteiger partial charge is 0.490 e. The molecule has 0 bridgehead atoms. The van der Waals surface area contributed by atoms with Crippen LogP contribution in [0.25, 0.3) is 11.2 Å². The van der Waals surface area contributed by atoms with Crippen LogP contribution in [-0.4, -0.2) is 37.4 Å². The zero-order chi connectivity index (χ0) is 20.9. The molecule has 2 aromatic rings. The Bertz CT molecular complexity index is 943. The molecular formula is C17H23F3N4O4. The number of rotatable bonds is 9. The van der Waals surface area contributed by atoms with Crippen molar-refractivity contribution < 1.29 is 22.7 Å². The molecule has 0 aromatic carbocycles. The lowest BCUT2D eigenvalue weighted by Gasteiger charge is -2.10. The lowest BCUT2D eigenvalue weighted by molar-refractivity contribution is -0.199. The van der Waals surface area contributed by atoms with Gasteiger partial charge in [0.05, 0.1) is 12.9 Å². The molecule has 156 valence electrons. The van der Waals surface area contributed by atoms with Crippen LogP contribution in [0.15, 0.2) is 15.9 Å². The number of carbonyl (C=O) groups is 1. The van der Waals surface area contributed by atoms with Crippen molar-refractivity contribution in [1.29, 1.82) is 0 Å². The SMILES string of the molecule is CCCn1cnc2c1c(=O)n(CCCCCCOC(=O)C(F)(F)F)c(=O)n2C. The highest BCUT2D eigenvalue weighted by Crippen LogP contribution is 2.16. The van der Waals surface area contributed by atoms with Gasteiger partial charge >= 0.3 is 17.8 Å². The molecule has 0 amide bonds. The average molecular weight is 404 g/mol. The van der Waals surface area contributed by atoms with Crippen LogP contribution in [0.3, 0.4) is 0 Å². The number of aryl methyl sites for hydroxylation is 2. The number of ether oxygens (including phenoxy) is 1. The van der Waals surface area contributed by atoms with Crippen LogP contribution in [0.4, 0.5) is 13.2 Å². The molecular weight excluding hydrogens is 381 g/mol. The lowest BCUT2D eigenvalue weighted by atomic mass is 10.2. The molecule has 11 heteroatoms. The van der Waals surface area contributed by atoms with Crippen molar-refractivity contribution in [3.8, 4) is 0 Å². The summed E-state index contributed by atoms with van der Waals surface area (Å²) in [6, 6.07) is 0. The topological polar surface area (TPSA) is 88.1 Å². The van der Waals surface area contributed by atoms with Crippen LogP contribution >= 0.6 is 0 Å². The Labute approximate surface area is 158 Å². The Morgan fingerprint density at radius 1 is 1.14 bits per heavy atom. The van der Waals surface area contributed by atoms with Crippen molar-refractivity contribution in [2.75, 3.05) is 6.61 Å². The van der Waals surface area contributed by atoms with E-state index in [0.717, 1.165) is 11.0 Å². The minimum atomic E-state index is -4.98. The number of unbranched alkanes of at least 4 members (excludes halogenated alkanes) is 3. The highest BCUT2D eigenvalue weighted by atomic mass is 19.4. The molecule has 0 saturated heterocycles. The van der Waals surface area contributed by atoms with Gasteiger partial charge in [0.15, 0.2) is 11.2 Å². The van der Waals surface area contributed by atoms with Gasteiger partial charge in [-0.15, -0.1) is 0 Å². The van der Waals surface area contributed by atoms with Gasteiger partial charge in [0.2, 0.25) is 0 Å². The maximum Gasteiger partial charge on any atom is 0.490 e. The molecule has 0 fully saturated rings. The molecule has 0 aliphatic carbocycles. The summed E-state index contributed by atoms with van der Waals surface area (Å²) in [5.74, 6) is -2.19. The first-order valence-electron chi connectivity index (χ1n) is 9.07. The number of aromatic nitrogens is 4. The minimum Gasteiger partial charge on any atom is -0.459 e. The molecule has 0 radical (unpaired) electrons. The van der Waals surface area contributed by atoms with Crippen molar-refractivity contribution in [2.45, 2.75) is 58.3 Å². The number of halogens is 3. The summed E-state index contributed by atoms with van der Waals surface area (Å²) in [6.07, 6.45) is -0.771. The average Bonchev–Trinajstić information content (AvgIpc) is 3.05. The van der Waals surface area contributed by atoms with Crippen molar-refractivity contribution in [1.82, 2.24) is 18.7 Å². The van der Waals surface area contributed by atoms with Crippen molar-refractivity contribution >= 4 is 17.1 Å². The fourth-order valence-electron chi connectivity index (χ4n) is 2.90. The van der Waals surface area contributed by atoms with Gasteiger partial charge < -0.3 is 9.30 Å². The van der Waals surface area contributed by atoms with E-state index in [1.54, 1.807) is 17.9 Å². The van der Waals surface area contributed by atoms with E-state index in [0.29, 0.717) is 37.0 Å². The van der Waals surface area contributed by atoms with E-state index in [-0.39, 0.29) is 19.6 Å². The molecule has 2 heterocycles. The standard InChI is InChI=1S/C17H23F3N4O4/c1-3-8-23-11-21-13-12(23)14(25)24(16(27)22(13)2)9-6-4-5-7-10-28-15(26)17(18,19)20/h11H,3-10H2,1-2H3. The third kappa shape index (κ3) is 4.82. The van der Waals surface area contributed by atoms with Crippen LogP contribution in [0.2, 0.25) is 0 Å². The summed E-state index contributed by atoms with van der Waals surface area (Å²) >= 11 is 0. The third-order valence-corrected chi connectivity index (χ3v) is 4.31. The van der Waals surface area contributed by atoms with Gasteiger partial charge in [0, 0.05) is 20.1 Å².